The number of aliphatic hydroxyl groups excluding tert-OH is 1. The van der Waals surface area contributed by atoms with Gasteiger partial charge in [-0.1, -0.05) is 55.1 Å². The average molecular weight is 265 g/mol. The molecule has 1 aliphatic heterocycles. The highest BCUT2D eigenvalue weighted by Crippen LogP contribution is 2.37. The van der Waals surface area contributed by atoms with Crippen LogP contribution in [-0.4, -0.2) is 22.5 Å². The Kier molecular flexibility index (Phi) is 3.12. The molecule has 100 valence electrons. The van der Waals surface area contributed by atoms with Crippen molar-refractivity contribution in [2.75, 3.05) is 6.61 Å². The Morgan fingerprint density at radius 3 is 2.20 bits per heavy atom. The zero-order chi connectivity index (χ0) is 14.1. The van der Waals surface area contributed by atoms with Crippen molar-refractivity contribution in [2.24, 2.45) is 0 Å². The summed E-state index contributed by atoms with van der Waals surface area (Å²) >= 11 is 0. The maximum Gasteiger partial charge on any atom is 0.259 e. The van der Waals surface area contributed by atoms with Gasteiger partial charge in [0.15, 0.2) is 0 Å². The van der Waals surface area contributed by atoms with E-state index in [1.165, 1.54) is 0 Å². The largest absolute Gasteiger partial charge is 0.394 e. The maximum atomic E-state index is 12.5. The number of amides is 1. The molecule has 2 aromatic rings. The fourth-order valence-corrected chi connectivity index (χ4v) is 2.64. The van der Waals surface area contributed by atoms with Gasteiger partial charge in [0.25, 0.3) is 5.91 Å². The molecule has 0 unspecified atom stereocenters. The van der Waals surface area contributed by atoms with E-state index in [9.17, 15) is 9.90 Å². The molecule has 1 amide bonds. The summed E-state index contributed by atoms with van der Waals surface area (Å²) in [5, 5.41) is 9.72. The SMILES string of the molecule is C=C1c2ccccc2C(=O)N1[C@@H](CO)c1ccccc1. The lowest BCUT2D eigenvalue weighted by Gasteiger charge is -2.27. The van der Waals surface area contributed by atoms with Gasteiger partial charge in [-0.25, -0.2) is 0 Å². The van der Waals surface area contributed by atoms with Gasteiger partial charge in [0.2, 0.25) is 0 Å². The van der Waals surface area contributed by atoms with Crippen molar-refractivity contribution in [3.63, 3.8) is 0 Å². The van der Waals surface area contributed by atoms with Gasteiger partial charge in [0.05, 0.1) is 12.6 Å². The lowest BCUT2D eigenvalue weighted by molar-refractivity contribution is 0.0748. The summed E-state index contributed by atoms with van der Waals surface area (Å²) in [7, 11) is 0. The molecule has 0 aromatic heterocycles. The Labute approximate surface area is 117 Å². The minimum Gasteiger partial charge on any atom is -0.394 e. The Morgan fingerprint density at radius 2 is 1.60 bits per heavy atom. The van der Waals surface area contributed by atoms with Gasteiger partial charge in [0, 0.05) is 16.8 Å². The van der Waals surface area contributed by atoms with Gasteiger partial charge >= 0.3 is 0 Å². The van der Waals surface area contributed by atoms with Crippen LogP contribution in [0.25, 0.3) is 5.70 Å². The topological polar surface area (TPSA) is 40.5 Å². The number of rotatable bonds is 3. The van der Waals surface area contributed by atoms with Crippen LogP contribution in [0.4, 0.5) is 0 Å². The fourth-order valence-electron chi connectivity index (χ4n) is 2.64. The van der Waals surface area contributed by atoms with Crippen molar-refractivity contribution in [1.82, 2.24) is 4.90 Å². The summed E-state index contributed by atoms with van der Waals surface area (Å²) < 4.78 is 0. The molecule has 0 saturated heterocycles. The first kappa shape index (κ1) is 12.6. The van der Waals surface area contributed by atoms with Crippen LogP contribution in [0.15, 0.2) is 61.2 Å². The second-order valence-corrected chi connectivity index (χ2v) is 4.78. The Balaban J connectivity index is 2.03. The van der Waals surface area contributed by atoms with Crippen LogP contribution in [-0.2, 0) is 0 Å². The van der Waals surface area contributed by atoms with E-state index in [1.54, 1.807) is 11.0 Å². The van der Waals surface area contributed by atoms with Crippen LogP contribution < -0.4 is 0 Å². The molecule has 2 aromatic carbocycles. The normalized spacial score (nSPS) is 15.3. The van der Waals surface area contributed by atoms with Crippen molar-refractivity contribution in [3.05, 3.63) is 77.9 Å². The van der Waals surface area contributed by atoms with Crippen molar-refractivity contribution in [3.8, 4) is 0 Å². The number of aliphatic hydroxyl groups is 1. The van der Waals surface area contributed by atoms with Crippen LogP contribution in [0.5, 0.6) is 0 Å². The summed E-state index contributed by atoms with van der Waals surface area (Å²) in [6, 6.07) is 16.5. The molecule has 0 saturated carbocycles. The van der Waals surface area contributed by atoms with Crippen LogP contribution in [0.2, 0.25) is 0 Å². The van der Waals surface area contributed by atoms with Gasteiger partial charge in [-0.3, -0.25) is 9.69 Å². The molecule has 0 fully saturated rings. The Morgan fingerprint density at radius 1 is 1.00 bits per heavy atom. The molecule has 20 heavy (non-hydrogen) atoms. The maximum absolute atomic E-state index is 12.5. The first-order chi connectivity index (χ1) is 9.74. The molecule has 3 rings (SSSR count). The van der Waals surface area contributed by atoms with Crippen LogP contribution in [0.1, 0.15) is 27.5 Å². The molecule has 3 nitrogen and oxygen atoms in total. The number of carbonyl (C=O) groups excluding carboxylic acids is 1. The second kappa shape index (κ2) is 4.94. The quantitative estimate of drug-likeness (QED) is 0.927. The van der Waals surface area contributed by atoms with Gasteiger partial charge < -0.3 is 5.11 Å². The molecular weight excluding hydrogens is 250 g/mol. The zero-order valence-electron chi connectivity index (χ0n) is 11.0. The van der Waals surface area contributed by atoms with Crippen LogP contribution >= 0.6 is 0 Å². The minimum atomic E-state index is -0.399. The lowest BCUT2D eigenvalue weighted by Crippen LogP contribution is -2.30. The molecule has 1 atom stereocenters. The molecule has 1 aliphatic rings. The number of hydrogen-bond acceptors (Lipinski definition) is 2. The molecule has 1 N–H and O–H groups in total. The van der Waals surface area contributed by atoms with Gasteiger partial charge in [-0.15, -0.1) is 0 Å². The monoisotopic (exact) mass is 265 g/mol. The van der Waals surface area contributed by atoms with Crippen LogP contribution in [0.3, 0.4) is 0 Å². The highest BCUT2D eigenvalue weighted by atomic mass is 16.3. The van der Waals surface area contributed by atoms with E-state index in [2.05, 4.69) is 6.58 Å². The van der Waals surface area contributed by atoms with E-state index in [4.69, 9.17) is 0 Å². The van der Waals surface area contributed by atoms with Gasteiger partial charge in [-0.2, -0.15) is 0 Å². The third-order valence-electron chi connectivity index (χ3n) is 3.65. The molecular formula is C17H15NO2. The summed E-state index contributed by atoms with van der Waals surface area (Å²) in [6.45, 7) is 3.88. The van der Waals surface area contributed by atoms with Gasteiger partial charge in [0.1, 0.15) is 0 Å². The average Bonchev–Trinajstić information content (AvgIpc) is 2.75. The highest BCUT2D eigenvalue weighted by molar-refractivity contribution is 6.09. The summed E-state index contributed by atoms with van der Waals surface area (Å²) in [4.78, 5) is 14.1. The fraction of sp³-hybridized carbons (Fsp3) is 0.118. The Hall–Kier alpha value is -2.39. The number of nitrogens with zero attached hydrogens (tertiary/aromatic N) is 1. The Bertz CT molecular complexity index is 629. The second-order valence-electron chi connectivity index (χ2n) is 4.78. The molecule has 3 heteroatoms. The molecule has 0 aliphatic carbocycles. The molecule has 0 bridgehead atoms. The first-order valence-corrected chi connectivity index (χ1v) is 6.51. The smallest absolute Gasteiger partial charge is 0.259 e. The van der Waals surface area contributed by atoms with Crippen molar-refractivity contribution in [1.29, 1.82) is 0 Å². The number of hydrogen-bond donors (Lipinski definition) is 1. The third kappa shape index (κ3) is 1.84. The lowest BCUT2D eigenvalue weighted by atomic mass is 10.1. The summed E-state index contributed by atoms with van der Waals surface area (Å²) in [5.74, 6) is -0.103. The zero-order valence-corrected chi connectivity index (χ0v) is 11.0. The van der Waals surface area contributed by atoms with Crippen molar-refractivity contribution >= 4 is 11.6 Å². The number of carbonyl (C=O) groups is 1. The molecule has 0 spiro atoms. The predicted octanol–water partition coefficient (Wildman–Crippen LogP) is 2.85. The van der Waals surface area contributed by atoms with E-state index < -0.39 is 6.04 Å². The summed E-state index contributed by atoms with van der Waals surface area (Å²) in [5.41, 5.74) is 3.03. The summed E-state index contributed by atoms with van der Waals surface area (Å²) in [6.07, 6.45) is 0. The van der Waals surface area contributed by atoms with E-state index >= 15 is 0 Å². The van der Waals surface area contributed by atoms with Crippen LogP contribution in [0, 0.1) is 0 Å². The predicted molar refractivity (Wildman–Crippen MR) is 77.9 cm³/mol. The first-order valence-electron chi connectivity index (χ1n) is 6.51. The van der Waals surface area contributed by atoms with E-state index in [0.717, 1.165) is 11.1 Å². The molecule has 1 heterocycles. The number of fused-ring (bicyclic) bond motifs is 1. The third-order valence-corrected chi connectivity index (χ3v) is 3.65. The van der Waals surface area contributed by atoms with E-state index in [0.29, 0.717) is 11.3 Å². The standard InChI is InChI=1S/C17H15NO2/c1-12-14-9-5-6-10-15(14)17(20)18(12)16(11-19)13-7-3-2-4-8-13/h2-10,16,19H,1,11H2/t16-/m0/s1. The minimum absolute atomic E-state index is 0.103. The van der Waals surface area contributed by atoms with Gasteiger partial charge in [-0.05, 0) is 11.6 Å². The van der Waals surface area contributed by atoms with E-state index in [1.807, 2.05) is 48.5 Å². The van der Waals surface area contributed by atoms with Crippen molar-refractivity contribution in [2.45, 2.75) is 6.04 Å². The number of benzene rings is 2. The van der Waals surface area contributed by atoms with E-state index in [-0.39, 0.29) is 12.5 Å². The van der Waals surface area contributed by atoms with Crippen molar-refractivity contribution < 1.29 is 9.90 Å². The molecule has 0 radical (unpaired) electrons. The highest BCUT2D eigenvalue weighted by Gasteiger charge is 2.35.